The molecule has 0 unspecified atom stereocenters. The van der Waals surface area contributed by atoms with Crippen LogP contribution in [0.4, 0.5) is 5.69 Å². The smallest absolute Gasteiger partial charge is 0.182 e. The molecular weight excluding hydrogens is 270 g/mol. The summed E-state index contributed by atoms with van der Waals surface area (Å²) >= 11 is 5.83. The molecule has 94 valence electrons. The van der Waals surface area contributed by atoms with Crippen LogP contribution in [0.15, 0.2) is 53.4 Å². The fourth-order valence-electron chi connectivity index (χ4n) is 1.64. The number of nitrogens with two attached hydrogens (primary N) is 1. The molecule has 2 N–H and O–H groups in total. The minimum Gasteiger partial charge on any atom is -0.399 e. The summed E-state index contributed by atoms with van der Waals surface area (Å²) in [5, 5.41) is 0.523. The standard InChI is InChI=1S/C13H12ClNO2S/c14-11-4-1-3-10(7-11)9-18(16,17)13-6-2-5-12(15)8-13/h1-8H,9,15H2. The van der Waals surface area contributed by atoms with Crippen LogP contribution in [-0.4, -0.2) is 8.42 Å². The van der Waals surface area contributed by atoms with Gasteiger partial charge in [0.25, 0.3) is 0 Å². The van der Waals surface area contributed by atoms with Crippen molar-refractivity contribution in [2.24, 2.45) is 0 Å². The minimum atomic E-state index is -3.39. The zero-order valence-corrected chi connectivity index (χ0v) is 11.1. The van der Waals surface area contributed by atoms with Gasteiger partial charge in [-0.15, -0.1) is 0 Å². The number of hydrogen-bond acceptors (Lipinski definition) is 3. The molecule has 0 saturated heterocycles. The molecule has 0 spiro atoms. The summed E-state index contributed by atoms with van der Waals surface area (Å²) in [6.45, 7) is 0. The van der Waals surface area contributed by atoms with Crippen LogP contribution >= 0.6 is 11.6 Å². The van der Waals surface area contributed by atoms with Crippen molar-refractivity contribution in [1.82, 2.24) is 0 Å². The van der Waals surface area contributed by atoms with Gasteiger partial charge in [-0.25, -0.2) is 8.42 Å². The van der Waals surface area contributed by atoms with E-state index in [4.69, 9.17) is 17.3 Å². The maximum atomic E-state index is 12.2. The monoisotopic (exact) mass is 281 g/mol. The molecule has 0 atom stereocenters. The third-order valence-corrected chi connectivity index (χ3v) is 4.38. The van der Waals surface area contributed by atoms with Crippen LogP contribution in [0.25, 0.3) is 0 Å². The molecular formula is C13H12ClNO2S. The van der Waals surface area contributed by atoms with E-state index in [9.17, 15) is 8.42 Å². The largest absolute Gasteiger partial charge is 0.399 e. The predicted octanol–water partition coefficient (Wildman–Crippen LogP) is 2.90. The Morgan fingerprint density at radius 3 is 2.44 bits per heavy atom. The van der Waals surface area contributed by atoms with Crippen LogP contribution in [-0.2, 0) is 15.6 Å². The van der Waals surface area contributed by atoms with Gasteiger partial charge in [0, 0.05) is 10.7 Å². The molecule has 0 aliphatic rings. The molecule has 0 aromatic heterocycles. The summed E-state index contributed by atoms with van der Waals surface area (Å²) in [6.07, 6.45) is 0. The Hall–Kier alpha value is -1.52. The average molecular weight is 282 g/mol. The molecule has 2 aromatic carbocycles. The first-order valence-electron chi connectivity index (χ1n) is 5.30. The van der Waals surface area contributed by atoms with E-state index >= 15 is 0 Å². The molecule has 2 rings (SSSR count). The van der Waals surface area contributed by atoms with Crippen LogP contribution in [0.5, 0.6) is 0 Å². The summed E-state index contributed by atoms with van der Waals surface area (Å²) in [5.74, 6) is -0.0863. The topological polar surface area (TPSA) is 60.2 Å². The van der Waals surface area contributed by atoms with E-state index in [1.54, 1.807) is 36.4 Å². The summed E-state index contributed by atoms with van der Waals surface area (Å²) < 4.78 is 24.3. The number of anilines is 1. The molecule has 0 heterocycles. The Kier molecular flexibility index (Phi) is 3.59. The fourth-order valence-corrected chi connectivity index (χ4v) is 3.24. The van der Waals surface area contributed by atoms with E-state index in [1.165, 1.54) is 12.1 Å². The predicted molar refractivity (Wildman–Crippen MR) is 73.2 cm³/mol. The second-order valence-electron chi connectivity index (χ2n) is 3.96. The molecule has 5 heteroatoms. The molecule has 0 radical (unpaired) electrons. The molecule has 2 aromatic rings. The Labute approximate surface area is 111 Å². The highest BCUT2D eigenvalue weighted by atomic mass is 35.5. The van der Waals surface area contributed by atoms with Crippen molar-refractivity contribution in [3.05, 3.63) is 59.1 Å². The quantitative estimate of drug-likeness (QED) is 0.880. The summed E-state index contributed by atoms with van der Waals surface area (Å²) in [4.78, 5) is 0.225. The molecule has 0 fully saturated rings. The minimum absolute atomic E-state index is 0.0863. The third kappa shape index (κ3) is 3.03. The number of benzene rings is 2. The van der Waals surface area contributed by atoms with Gasteiger partial charge in [0.1, 0.15) is 0 Å². The molecule has 0 aliphatic heterocycles. The Balaban J connectivity index is 2.33. The van der Waals surface area contributed by atoms with Gasteiger partial charge in [-0.3, -0.25) is 0 Å². The second-order valence-corrected chi connectivity index (χ2v) is 6.39. The van der Waals surface area contributed by atoms with E-state index in [2.05, 4.69) is 0 Å². The first kappa shape index (κ1) is 12.9. The lowest BCUT2D eigenvalue weighted by atomic mass is 10.2. The van der Waals surface area contributed by atoms with Gasteiger partial charge in [0.05, 0.1) is 10.6 Å². The molecule has 0 aliphatic carbocycles. The number of hydrogen-bond donors (Lipinski definition) is 1. The fraction of sp³-hybridized carbons (Fsp3) is 0.0769. The second kappa shape index (κ2) is 5.00. The Morgan fingerprint density at radius 1 is 1.06 bits per heavy atom. The van der Waals surface area contributed by atoms with Gasteiger partial charge in [-0.2, -0.15) is 0 Å². The van der Waals surface area contributed by atoms with E-state index in [0.717, 1.165) is 0 Å². The normalized spacial score (nSPS) is 11.4. The Morgan fingerprint density at radius 2 is 1.78 bits per heavy atom. The maximum absolute atomic E-state index is 12.2. The lowest BCUT2D eigenvalue weighted by Crippen LogP contribution is -2.05. The van der Waals surface area contributed by atoms with E-state index in [-0.39, 0.29) is 10.6 Å². The first-order chi connectivity index (χ1) is 8.47. The van der Waals surface area contributed by atoms with Crippen LogP contribution in [0.2, 0.25) is 5.02 Å². The highest BCUT2D eigenvalue weighted by molar-refractivity contribution is 7.90. The lowest BCUT2D eigenvalue weighted by Gasteiger charge is -2.05. The molecule has 0 bridgehead atoms. The number of sulfone groups is 1. The zero-order chi connectivity index (χ0) is 13.2. The zero-order valence-electron chi connectivity index (χ0n) is 9.51. The SMILES string of the molecule is Nc1cccc(S(=O)(=O)Cc2cccc(Cl)c2)c1. The van der Waals surface area contributed by atoms with Crippen molar-refractivity contribution in [3.8, 4) is 0 Å². The van der Waals surface area contributed by atoms with E-state index in [1.807, 2.05) is 0 Å². The van der Waals surface area contributed by atoms with Gasteiger partial charge in [-0.05, 0) is 35.9 Å². The van der Waals surface area contributed by atoms with Gasteiger partial charge in [0.2, 0.25) is 0 Å². The lowest BCUT2D eigenvalue weighted by molar-refractivity contribution is 0.595. The van der Waals surface area contributed by atoms with Crippen molar-refractivity contribution in [2.45, 2.75) is 10.6 Å². The van der Waals surface area contributed by atoms with Gasteiger partial charge in [0.15, 0.2) is 9.84 Å². The Bertz CT molecular complexity index is 668. The van der Waals surface area contributed by atoms with Gasteiger partial charge >= 0.3 is 0 Å². The summed E-state index contributed by atoms with van der Waals surface area (Å²) in [5.41, 5.74) is 6.68. The molecule has 0 amide bonds. The average Bonchev–Trinajstić information content (AvgIpc) is 2.28. The van der Waals surface area contributed by atoms with E-state index in [0.29, 0.717) is 16.3 Å². The van der Waals surface area contributed by atoms with Crippen LogP contribution in [0.1, 0.15) is 5.56 Å². The van der Waals surface area contributed by atoms with Crippen molar-refractivity contribution >= 4 is 27.1 Å². The molecule has 3 nitrogen and oxygen atoms in total. The number of rotatable bonds is 3. The molecule has 0 saturated carbocycles. The first-order valence-corrected chi connectivity index (χ1v) is 7.33. The van der Waals surface area contributed by atoms with Crippen molar-refractivity contribution in [3.63, 3.8) is 0 Å². The van der Waals surface area contributed by atoms with Crippen molar-refractivity contribution < 1.29 is 8.42 Å². The maximum Gasteiger partial charge on any atom is 0.182 e. The summed E-state index contributed by atoms with van der Waals surface area (Å²) in [6, 6.07) is 13.1. The third-order valence-electron chi connectivity index (χ3n) is 2.46. The molecule has 18 heavy (non-hydrogen) atoms. The van der Waals surface area contributed by atoms with Crippen molar-refractivity contribution in [1.29, 1.82) is 0 Å². The highest BCUT2D eigenvalue weighted by Gasteiger charge is 2.15. The van der Waals surface area contributed by atoms with Crippen LogP contribution in [0.3, 0.4) is 0 Å². The summed E-state index contributed by atoms with van der Waals surface area (Å²) in [7, 11) is -3.39. The van der Waals surface area contributed by atoms with Crippen LogP contribution in [0, 0.1) is 0 Å². The number of halogens is 1. The highest BCUT2D eigenvalue weighted by Crippen LogP contribution is 2.20. The van der Waals surface area contributed by atoms with Crippen molar-refractivity contribution in [2.75, 3.05) is 5.73 Å². The number of nitrogen functional groups attached to an aromatic ring is 1. The van der Waals surface area contributed by atoms with Gasteiger partial charge < -0.3 is 5.73 Å². The van der Waals surface area contributed by atoms with E-state index < -0.39 is 9.84 Å². The van der Waals surface area contributed by atoms with Crippen LogP contribution < -0.4 is 5.73 Å². The van der Waals surface area contributed by atoms with Gasteiger partial charge in [-0.1, -0.05) is 29.8 Å².